The predicted octanol–water partition coefficient (Wildman–Crippen LogP) is 1.69. The molecule has 2 rings (SSSR count). The van der Waals surface area contributed by atoms with Crippen LogP contribution >= 0.6 is 0 Å². The molecule has 0 saturated heterocycles. The van der Waals surface area contributed by atoms with Gasteiger partial charge in [0.05, 0.1) is 17.9 Å². The summed E-state index contributed by atoms with van der Waals surface area (Å²) in [6.07, 6.45) is 2.84. The average Bonchev–Trinajstić information content (AvgIpc) is 2.78. The van der Waals surface area contributed by atoms with E-state index in [2.05, 4.69) is 46.8 Å². The highest BCUT2D eigenvalue weighted by Gasteiger charge is 2.18. The fraction of sp³-hybridized carbons (Fsp3) is 0.385. The van der Waals surface area contributed by atoms with Crippen molar-refractivity contribution in [2.75, 3.05) is 7.05 Å². The molecule has 0 aliphatic rings. The zero-order valence-corrected chi connectivity index (χ0v) is 10.5. The van der Waals surface area contributed by atoms with Crippen molar-refractivity contribution < 1.29 is 0 Å². The van der Waals surface area contributed by atoms with E-state index < -0.39 is 0 Å². The van der Waals surface area contributed by atoms with Crippen molar-refractivity contribution in [3.63, 3.8) is 0 Å². The van der Waals surface area contributed by atoms with Gasteiger partial charge in [-0.15, -0.1) is 5.10 Å². The molecule has 1 N–H and O–H groups in total. The van der Waals surface area contributed by atoms with Gasteiger partial charge < -0.3 is 5.32 Å². The molecule has 0 spiro atoms. The van der Waals surface area contributed by atoms with Gasteiger partial charge >= 0.3 is 0 Å². The monoisotopic (exact) mass is 230 g/mol. The van der Waals surface area contributed by atoms with Crippen molar-refractivity contribution in [1.82, 2.24) is 20.3 Å². The molecule has 0 fully saturated rings. The molecule has 1 heterocycles. The van der Waals surface area contributed by atoms with Crippen LogP contribution in [0.4, 0.5) is 0 Å². The van der Waals surface area contributed by atoms with E-state index in [-0.39, 0.29) is 6.04 Å². The molecule has 1 atom stereocenters. The number of hydrogen-bond donors (Lipinski definition) is 1. The van der Waals surface area contributed by atoms with E-state index in [9.17, 15) is 0 Å². The van der Waals surface area contributed by atoms with Crippen LogP contribution in [-0.4, -0.2) is 22.0 Å². The van der Waals surface area contributed by atoms with Crippen molar-refractivity contribution in [3.8, 4) is 0 Å². The molecule has 1 aromatic heterocycles. The van der Waals surface area contributed by atoms with Gasteiger partial charge in [0.25, 0.3) is 0 Å². The van der Waals surface area contributed by atoms with E-state index >= 15 is 0 Å². The Balaban J connectivity index is 2.46. The van der Waals surface area contributed by atoms with Crippen LogP contribution in [0.3, 0.4) is 0 Å². The average molecular weight is 230 g/mol. The molecule has 90 valence electrons. The van der Waals surface area contributed by atoms with Gasteiger partial charge in [-0.2, -0.15) is 0 Å². The first-order valence-corrected chi connectivity index (χ1v) is 5.87. The quantitative estimate of drug-likeness (QED) is 0.869. The predicted molar refractivity (Wildman–Crippen MR) is 67.7 cm³/mol. The number of rotatable bonds is 4. The Labute approximate surface area is 102 Å². The first kappa shape index (κ1) is 11.8. The van der Waals surface area contributed by atoms with Crippen LogP contribution in [0.1, 0.15) is 29.8 Å². The van der Waals surface area contributed by atoms with Crippen molar-refractivity contribution in [3.05, 3.63) is 47.3 Å². The maximum Gasteiger partial charge on any atom is 0.0798 e. The topological polar surface area (TPSA) is 42.7 Å². The highest BCUT2D eigenvalue weighted by Crippen LogP contribution is 2.24. The third-order valence-corrected chi connectivity index (χ3v) is 3.08. The summed E-state index contributed by atoms with van der Waals surface area (Å²) < 4.78 is 1.81. The molecule has 0 aliphatic heterocycles. The van der Waals surface area contributed by atoms with Crippen LogP contribution in [0.5, 0.6) is 0 Å². The Morgan fingerprint density at radius 2 is 2.12 bits per heavy atom. The number of nitrogens with one attached hydrogen (secondary N) is 1. The van der Waals surface area contributed by atoms with E-state index in [1.807, 2.05) is 25.0 Å². The van der Waals surface area contributed by atoms with E-state index in [4.69, 9.17) is 0 Å². The van der Waals surface area contributed by atoms with Gasteiger partial charge in [-0.3, -0.25) is 4.68 Å². The zero-order valence-electron chi connectivity index (χ0n) is 10.5. The molecule has 0 saturated carbocycles. The van der Waals surface area contributed by atoms with Crippen molar-refractivity contribution in [2.24, 2.45) is 7.05 Å². The molecule has 4 heteroatoms. The Morgan fingerprint density at radius 1 is 1.35 bits per heavy atom. The molecule has 0 aliphatic carbocycles. The Morgan fingerprint density at radius 3 is 2.71 bits per heavy atom. The SMILES string of the molecule is CCc1ccccc1C(NC)c1cnnn1C. The summed E-state index contributed by atoms with van der Waals surface area (Å²) >= 11 is 0. The minimum Gasteiger partial charge on any atom is -0.308 e. The Kier molecular flexibility index (Phi) is 3.54. The first-order chi connectivity index (χ1) is 8.27. The number of aromatic nitrogens is 3. The summed E-state index contributed by atoms with van der Waals surface area (Å²) in [7, 11) is 3.88. The second-order valence-electron chi connectivity index (χ2n) is 4.06. The normalized spacial score (nSPS) is 12.6. The van der Waals surface area contributed by atoms with Gasteiger partial charge in [-0.25, -0.2) is 0 Å². The van der Waals surface area contributed by atoms with Crippen LogP contribution < -0.4 is 5.32 Å². The molecular weight excluding hydrogens is 212 g/mol. The zero-order chi connectivity index (χ0) is 12.3. The van der Waals surface area contributed by atoms with Crippen LogP contribution in [0.2, 0.25) is 0 Å². The molecule has 1 unspecified atom stereocenters. The van der Waals surface area contributed by atoms with E-state index in [1.165, 1.54) is 11.1 Å². The van der Waals surface area contributed by atoms with Gasteiger partial charge in [0.15, 0.2) is 0 Å². The fourth-order valence-electron chi connectivity index (χ4n) is 2.16. The standard InChI is InChI=1S/C13H18N4/c1-4-10-7-5-6-8-11(10)13(14-2)12-9-15-16-17(12)3/h5-9,13-14H,4H2,1-3H3. The smallest absolute Gasteiger partial charge is 0.0798 e. The number of nitrogens with zero attached hydrogens (tertiary/aromatic N) is 3. The molecular formula is C13H18N4. The summed E-state index contributed by atoms with van der Waals surface area (Å²) in [6.45, 7) is 2.17. The van der Waals surface area contributed by atoms with E-state index in [0.717, 1.165) is 12.1 Å². The fourth-order valence-corrected chi connectivity index (χ4v) is 2.16. The second-order valence-corrected chi connectivity index (χ2v) is 4.06. The lowest BCUT2D eigenvalue weighted by atomic mass is 9.97. The Hall–Kier alpha value is -1.68. The van der Waals surface area contributed by atoms with Crippen molar-refractivity contribution in [2.45, 2.75) is 19.4 Å². The van der Waals surface area contributed by atoms with Crippen LogP contribution in [0.15, 0.2) is 30.5 Å². The molecule has 4 nitrogen and oxygen atoms in total. The summed E-state index contributed by atoms with van der Waals surface area (Å²) in [6, 6.07) is 8.63. The molecule has 17 heavy (non-hydrogen) atoms. The maximum absolute atomic E-state index is 3.99. The number of aryl methyl sites for hydroxylation is 2. The summed E-state index contributed by atoms with van der Waals surface area (Å²) in [5.41, 5.74) is 3.73. The first-order valence-electron chi connectivity index (χ1n) is 5.87. The minimum absolute atomic E-state index is 0.145. The molecule has 1 aromatic carbocycles. The minimum atomic E-state index is 0.145. The summed E-state index contributed by atoms with van der Waals surface area (Å²) in [5, 5.41) is 11.3. The lowest BCUT2D eigenvalue weighted by molar-refractivity contribution is 0.594. The van der Waals surface area contributed by atoms with Crippen molar-refractivity contribution in [1.29, 1.82) is 0 Å². The van der Waals surface area contributed by atoms with Gasteiger partial charge in [-0.1, -0.05) is 36.4 Å². The lowest BCUT2D eigenvalue weighted by Gasteiger charge is -2.19. The summed E-state index contributed by atoms with van der Waals surface area (Å²) in [5.74, 6) is 0. The van der Waals surface area contributed by atoms with Gasteiger partial charge in [-0.05, 0) is 24.6 Å². The molecule has 2 aromatic rings. The highest BCUT2D eigenvalue weighted by molar-refractivity contribution is 5.34. The lowest BCUT2D eigenvalue weighted by Crippen LogP contribution is -2.21. The number of hydrogen-bond acceptors (Lipinski definition) is 3. The van der Waals surface area contributed by atoms with E-state index in [1.54, 1.807) is 0 Å². The van der Waals surface area contributed by atoms with Crippen LogP contribution in [0.25, 0.3) is 0 Å². The highest BCUT2D eigenvalue weighted by atomic mass is 15.4. The van der Waals surface area contributed by atoms with Crippen molar-refractivity contribution >= 4 is 0 Å². The van der Waals surface area contributed by atoms with Crippen LogP contribution in [-0.2, 0) is 13.5 Å². The third kappa shape index (κ3) is 2.22. The molecule has 0 amide bonds. The van der Waals surface area contributed by atoms with Gasteiger partial charge in [0.2, 0.25) is 0 Å². The third-order valence-electron chi connectivity index (χ3n) is 3.08. The molecule has 0 radical (unpaired) electrons. The second kappa shape index (κ2) is 5.10. The maximum atomic E-state index is 3.99. The summed E-state index contributed by atoms with van der Waals surface area (Å²) in [4.78, 5) is 0. The largest absolute Gasteiger partial charge is 0.308 e. The number of benzene rings is 1. The van der Waals surface area contributed by atoms with Crippen LogP contribution in [0, 0.1) is 0 Å². The van der Waals surface area contributed by atoms with Gasteiger partial charge in [0, 0.05) is 7.05 Å². The van der Waals surface area contributed by atoms with E-state index in [0.29, 0.717) is 0 Å². The molecule has 0 bridgehead atoms. The van der Waals surface area contributed by atoms with Gasteiger partial charge in [0.1, 0.15) is 0 Å². The Bertz CT molecular complexity index is 490.